The molecule has 1 aromatic carbocycles. The minimum absolute atomic E-state index is 0.308. The van der Waals surface area contributed by atoms with E-state index in [-0.39, 0.29) is 6.54 Å². The lowest BCUT2D eigenvalue weighted by molar-refractivity contribution is -0.150. The van der Waals surface area contributed by atoms with Gasteiger partial charge in [0.05, 0.1) is 7.11 Å². The van der Waals surface area contributed by atoms with Crippen molar-refractivity contribution in [2.75, 3.05) is 25.7 Å². The third kappa shape index (κ3) is 9.60. The highest BCUT2D eigenvalue weighted by Crippen LogP contribution is 2.34. The van der Waals surface area contributed by atoms with Crippen LogP contribution in [0, 0.1) is 12.3 Å². The Bertz CT molecular complexity index is 1030. The van der Waals surface area contributed by atoms with Gasteiger partial charge in [-0.15, -0.1) is 6.42 Å². The molecule has 0 spiro atoms. The summed E-state index contributed by atoms with van der Waals surface area (Å²) in [5.74, 6) is 1.45. The maximum absolute atomic E-state index is 14.3. The highest BCUT2D eigenvalue weighted by Gasteiger charge is 2.43. The van der Waals surface area contributed by atoms with E-state index in [1.807, 2.05) is 27.0 Å². The zero-order valence-corrected chi connectivity index (χ0v) is 24.5. The smallest absolute Gasteiger partial charge is 0.408 e. The van der Waals surface area contributed by atoms with E-state index in [1.54, 1.807) is 45.0 Å². The fourth-order valence-electron chi connectivity index (χ4n) is 3.65. The standard InChI is InChI=1S/C28H41N3O6S/c1-10-19-14-12-13-15-20(19)23(24(33)29-18-22(32)36-8)31(28(6,7)11-2)25(34)21(16-17-38-9)30-26(35)37-27(3,4)5/h1,12-15,21,23H,11,16-18H2,2-9H3,(H,29,33)(H,30,35). The van der Waals surface area contributed by atoms with Crippen molar-refractivity contribution in [3.63, 3.8) is 0 Å². The van der Waals surface area contributed by atoms with E-state index in [0.717, 1.165) is 0 Å². The van der Waals surface area contributed by atoms with E-state index >= 15 is 0 Å². The first-order valence-electron chi connectivity index (χ1n) is 12.4. The van der Waals surface area contributed by atoms with Gasteiger partial charge in [-0.1, -0.05) is 31.0 Å². The third-order valence-corrected chi connectivity index (χ3v) is 6.55. The summed E-state index contributed by atoms with van der Waals surface area (Å²) in [5, 5.41) is 5.28. The zero-order chi connectivity index (χ0) is 29.1. The van der Waals surface area contributed by atoms with E-state index < -0.39 is 47.1 Å². The summed E-state index contributed by atoms with van der Waals surface area (Å²) >= 11 is 1.52. The molecule has 0 aliphatic carbocycles. The number of amides is 3. The second kappa shape index (κ2) is 14.7. The molecule has 0 radical (unpaired) electrons. The molecule has 0 saturated carbocycles. The second-order valence-corrected chi connectivity index (χ2v) is 11.3. The fraction of sp³-hybridized carbons (Fsp3) is 0.571. The monoisotopic (exact) mass is 547 g/mol. The van der Waals surface area contributed by atoms with Gasteiger partial charge in [0, 0.05) is 11.1 Å². The van der Waals surface area contributed by atoms with Crippen LogP contribution < -0.4 is 10.6 Å². The lowest BCUT2D eigenvalue weighted by Gasteiger charge is -2.44. The number of thioether (sulfide) groups is 1. The van der Waals surface area contributed by atoms with Crippen molar-refractivity contribution in [2.45, 2.75) is 77.6 Å². The van der Waals surface area contributed by atoms with Gasteiger partial charge in [0.25, 0.3) is 0 Å². The molecule has 2 unspecified atom stereocenters. The third-order valence-electron chi connectivity index (χ3n) is 5.91. The van der Waals surface area contributed by atoms with E-state index in [0.29, 0.717) is 29.7 Å². The molecule has 9 nitrogen and oxygen atoms in total. The van der Waals surface area contributed by atoms with Crippen molar-refractivity contribution < 1.29 is 28.7 Å². The summed E-state index contributed by atoms with van der Waals surface area (Å²) in [7, 11) is 1.22. The molecular formula is C28H41N3O6S. The average Bonchev–Trinajstić information content (AvgIpc) is 2.86. The molecular weight excluding hydrogens is 506 g/mol. The molecule has 2 N–H and O–H groups in total. The predicted octanol–water partition coefficient (Wildman–Crippen LogP) is 3.66. The van der Waals surface area contributed by atoms with Crippen LogP contribution >= 0.6 is 11.8 Å². The van der Waals surface area contributed by atoms with Crippen molar-refractivity contribution in [1.29, 1.82) is 0 Å². The first-order valence-corrected chi connectivity index (χ1v) is 13.8. The molecule has 0 fully saturated rings. The Morgan fingerprint density at radius 2 is 1.76 bits per heavy atom. The summed E-state index contributed by atoms with van der Waals surface area (Å²) in [4.78, 5) is 53.9. The normalized spacial score (nSPS) is 12.9. The van der Waals surface area contributed by atoms with Crippen LogP contribution in [0.4, 0.5) is 4.79 Å². The van der Waals surface area contributed by atoms with Crippen LogP contribution in [0.1, 0.15) is 71.6 Å². The number of alkyl carbamates (subject to hydrolysis) is 1. The summed E-state index contributed by atoms with van der Waals surface area (Å²) in [6, 6.07) is 4.67. The van der Waals surface area contributed by atoms with E-state index in [4.69, 9.17) is 11.2 Å². The highest BCUT2D eigenvalue weighted by atomic mass is 32.2. The van der Waals surface area contributed by atoms with Crippen LogP contribution in [-0.4, -0.2) is 71.6 Å². The van der Waals surface area contributed by atoms with Crippen molar-refractivity contribution >= 4 is 35.6 Å². The molecule has 0 saturated heterocycles. The number of hydrogen-bond donors (Lipinski definition) is 2. The van der Waals surface area contributed by atoms with Crippen LogP contribution in [0.25, 0.3) is 0 Å². The van der Waals surface area contributed by atoms with Crippen molar-refractivity contribution in [3.05, 3.63) is 35.4 Å². The maximum Gasteiger partial charge on any atom is 0.408 e. The SMILES string of the molecule is C#Cc1ccccc1C(C(=O)NCC(=O)OC)N(C(=O)C(CCSC)NC(=O)OC(C)(C)C)C(C)(C)CC. The van der Waals surface area contributed by atoms with Gasteiger partial charge < -0.3 is 25.0 Å². The number of hydrogen-bond acceptors (Lipinski definition) is 7. The van der Waals surface area contributed by atoms with E-state index in [1.165, 1.54) is 23.8 Å². The Labute approximate surface area is 230 Å². The van der Waals surface area contributed by atoms with Gasteiger partial charge >= 0.3 is 12.1 Å². The predicted molar refractivity (Wildman–Crippen MR) is 150 cm³/mol. The Kier molecular flexibility index (Phi) is 12.7. The first-order chi connectivity index (χ1) is 17.7. The topological polar surface area (TPSA) is 114 Å². The number of methoxy groups -OCH3 is 1. The summed E-state index contributed by atoms with van der Waals surface area (Å²) < 4.78 is 10.1. The van der Waals surface area contributed by atoms with Crippen LogP contribution in [0.15, 0.2) is 24.3 Å². The zero-order valence-electron chi connectivity index (χ0n) is 23.7. The largest absolute Gasteiger partial charge is 0.468 e. The first kappa shape index (κ1) is 32.8. The van der Waals surface area contributed by atoms with Crippen molar-refractivity contribution in [3.8, 4) is 12.3 Å². The average molecular weight is 548 g/mol. The second-order valence-electron chi connectivity index (χ2n) is 10.3. The fourth-order valence-corrected chi connectivity index (χ4v) is 4.12. The van der Waals surface area contributed by atoms with Crippen LogP contribution in [0.3, 0.4) is 0 Å². The number of carbonyl (C=O) groups is 4. The van der Waals surface area contributed by atoms with Gasteiger partial charge in [-0.3, -0.25) is 14.4 Å². The van der Waals surface area contributed by atoms with Gasteiger partial charge in [0.1, 0.15) is 24.2 Å². The number of carbonyl (C=O) groups excluding carboxylic acids is 4. The molecule has 0 aliphatic rings. The molecule has 0 aromatic heterocycles. The number of benzene rings is 1. The molecule has 3 amide bonds. The minimum atomic E-state index is -1.19. The molecule has 0 bridgehead atoms. The molecule has 0 aliphatic heterocycles. The van der Waals surface area contributed by atoms with Crippen LogP contribution in [-0.2, 0) is 23.9 Å². The van der Waals surface area contributed by atoms with Crippen molar-refractivity contribution in [1.82, 2.24) is 15.5 Å². The molecule has 2 atom stereocenters. The molecule has 38 heavy (non-hydrogen) atoms. The quantitative estimate of drug-likeness (QED) is 0.303. The number of nitrogens with zero attached hydrogens (tertiary/aromatic N) is 1. The summed E-state index contributed by atoms with van der Waals surface area (Å²) in [5.41, 5.74) is -0.759. The number of ether oxygens (including phenoxy) is 2. The molecule has 10 heteroatoms. The van der Waals surface area contributed by atoms with E-state index in [2.05, 4.69) is 21.3 Å². The van der Waals surface area contributed by atoms with Crippen molar-refractivity contribution in [2.24, 2.45) is 0 Å². The Balaban J connectivity index is 3.70. The molecule has 1 rings (SSSR count). The molecule has 210 valence electrons. The Hall–Kier alpha value is -3.19. The van der Waals surface area contributed by atoms with Gasteiger partial charge in [-0.2, -0.15) is 11.8 Å². The maximum atomic E-state index is 14.3. The van der Waals surface area contributed by atoms with Gasteiger partial charge in [-0.25, -0.2) is 4.79 Å². The molecule has 1 aromatic rings. The van der Waals surface area contributed by atoms with Gasteiger partial charge in [0.2, 0.25) is 11.8 Å². The summed E-state index contributed by atoms with van der Waals surface area (Å²) in [6.07, 6.45) is 7.72. The Morgan fingerprint density at radius 3 is 2.29 bits per heavy atom. The van der Waals surface area contributed by atoms with Crippen LogP contribution in [0.5, 0.6) is 0 Å². The van der Waals surface area contributed by atoms with Gasteiger partial charge in [0.15, 0.2) is 0 Å². The number of nitrogens with one attached hydrogen (secondary N) is 2. The van der Waals surface area contributed by atoms with Gasteiger partial charge in [-0.05, 0) is 71.1 Å². The number of esters is 1. The lowest BCUT2D eigenvalue weighted by atomic mass is 9.90. The summed E-state index contributed by atoms with van der Waals surface area (Å²) in [6.45, 7) is 10.4. The lowest BCUT2D eigenvalue weighted by Crippen LogP contribution is -2.59. The van der Waals surface area contributed by atoms with E-state index in [9.17, 15) is 19.2 Å². The van der Waals surface area contributed by atoms with Crippen LogP contribution in [0.2, 0.25) is 0 Å². The molecule has 0 heterocycles. The number of terminal acetylenes is 1. The minimum Gasteiger partial charge on any atom is -0.468 e. The Morgan fingerprint density at radius 1 is 1.13 bits per heavy atom. The highest BCUT2D eigenvalue weighted by molar-refractivity contribution is 7.98. The number of rotatable bonds is 12.